The quantitative estimate of drug-likeness (QED) is 0.361. The van der Waals surface area contributed by atoms with Gasteiger partial charge in [-0.05, 0) is 25.2 Å². The summed E-state index contributed by atoms with van der Waals surface area (Å²) in [6.45, 7) is 3.68. The Morgan fingerprint density at radius 1 is 1.26 bits per heavy atom. The fraction of sp³-hybridized carbons (Fsp3) is 0.375. The molecule has 0 saturated heterocycles. The minimum absolute atomic E-state index is 0.290. The Bertz CT molecular complexity index is 696. The van der Waals surface area contributed by atoms with Crippen LogP contribution in [0.15, 0.2) is 28.7 Å². The van der Waals surface area contributed by atoms with Crippen LogP contribution in [0.5, 0.6) is 0 Å². The lowest BCUT2D eigenvalue weighted by Crippen LogP contribution is -3.05. The van der Waals surface area contributed by atoms with E-state index in [9.17, 15) is 4.79 Å². The molecule has 6 nitrogen and oxygen atoms in total. The zero-order valence-corrected chi connectivity index (χ0v) is 14.5. The van der Waals surface area contributed by atoms with Crippen molar-refractivity contribution in [3.05, 3.63) is 35.6 Å². The van der Waals surface area contributed by atoms with Gasteiger partial charge in [0.25, 0.3) is 0 Å². The van der Waals surface area contributed by atoms with Crippen molar-refractivity contribution < 1.29 is 14.1 Å². The first-order valence-electron chi connectivity index (χ1n) is 7.60. The maximum absolute atomic E-state index is 12.2. The van der Waals surface area contributed by atoms with E-state index in [4.69, 9.17) is 16.6 Å². The van der Waals surface area contributed by atoms with Crippen LogP contribution in [0.4, 0.5) is 0 Å². The Labute approximate surface area is 141 Å². The number of hydrogen-bond acceptors (Lipinski definition) is 3. The monoisotopic (exact) mass is 335 g/mol. The van der Waals surface area contributed by atoms with Gasteiger partial charge in [-0.1, -0.05) is 18.2 Å². The van der Waals surface area contributed by atoms with E-state index in [0.717, 1.165) is 30.5 Å². The molecule has 2 rings (SSSR count). The molecule has 2 aromatic rings. The molecule has 0 radical (unpaired) electrons. The molecule has 0 bridgehead atoms. The van der Waals surface area contributed by atoms with Crippen LogP contribution in [0, 0.1) is 6.92 Å². The van der Waals surface area contributed by atoms with Gasteiger partial charge in [0.1, 0.15) is 5.58 Å². The Morgan fingerprint density at radius 2 is 2.00 bits per heavy atom. The van der Waals surface area contributed by atoms with Crippen molar-refractivity contribution in [1.82, 2.24) is 16.2 Å². The molecular weight excluding hydrogens is 312 g/mol. The van der Waals surface area contributed by atoms with Crippen molar-refractivity contribution in [3.63, 3.8) is 0 Å². The third kappa shape index (κ3) is 4.67. The number of benzene rings is 1. The lowest BCUT2D eigenvalue weighted by atomic mass is 10.1. The van der Waals surface area contributed by atoms with Crippen molar-refractivity contribution in [3.8, 4) is 0 Å². The molecule has 1 aromatic heterocycles. The molecule has 0 aliphatic heterocycles. The van der Waals surface area contributed by atoms with Gasteiger partial charge in [0.15, 0.2) is 10.9 Å². The van der Waals surface area contributed by atoms with Crippen LogP contribution in [-0.2, 0) is 0 Å². The summed E-state index contributed by atoms with van der Waals surface area (Å²) in [5.74, 6) is -0.0571. The van der Waals surface area contributed by atoms with Gasteiger partial charge in [-0.2, -0.15) is 0 Å². The summed E-state index contributed by atoms with van der Waals surface area (Å²) in [5.41, 5.74) is 6.76. The van der Waals surface area contributed by atoms with Gasteiger partial charge in [-0.25, -0.2) is 0 Å². The predicted molar refractivity (Wildman–Crippen MR) is 94.4 cm³/mol. The number of carbonyl (C=O) groups excluding carboxylic acids is 1. The number of furan rings is 1. The summed E-state index contributed by atoms with van der Waals surface area (Å²) in [6, 6.07) is 7.56. The largest absolute Gasteiger partial charge is 0.451 e. The molecule has 0 aliphatic carbocycles. The zero-order chi connectivity index (χ0) is 16.8. The predicted octanol–water partition coefficient (Wildman–Crippen LogP) is 0.385. The highest BCUT2D eigenvalue weighted by molar-refractivity contribution is 7.80. The summed E-state index contributed by atoms with van der Waals surface area (Å²) >= 11 is 5.12. The van der Waals surface area contributed by atoms with Gasteiger partial charge in [-0.15, -0.1) is 0 Å². The van der Waals surface area contributed by atoms with Crippen molar-refractivity contribution >= 4 is 34.2 Å². The number of hydrazine groups is 1. The lowest BCUT2D eigenvalue weighted by Gasteiger charge is -2.11. The second kappa shape index (κ2) is 7.94. The van der Waals surface area contributed by atoms with E-state index in [2.05, 4.69) is 30.3 Å². The van der Waals surface area contributed by atoms with Crippen LogP contribution >= 0.6 is 12.2 Å². The minimum atomic E-state index is -0.347. The fourth-order valence-electron chi connectivity index (χ4n) is 2.25. The number of para-hydroxylation sites is 1. The van der Waals surface area contributed by atoms with Gasteiger partial charge in [0.2, 0.25) is 0 Å². The molecule has 124 valence electrons. The van der Waals surface area contributed by atoms with Crippen LogP contribution < -0.4 is 21.1 Å². The number of hydrogen-bond donors (Lipinski definition) is 4. The molecule has 23 heavy (non-hydrogen) atoms. The molecule has 1 aromatic carbocycles. The summed E-state index contributed by atoms with van der Waals surface area (Å²) in [6.07, 6.45) is 1.00. The molecule has 0 aliphatic rings. The van der Waals surface area contributed by atoms with Gasteiger partial charge in [-0.3, -0.25) is 15.6 Å². The van der Waals surface area contributed by atoms with E-state index in [1.807, 2.05) is 31.2 Å². The number of carbonyl (C=O) groups is 1. The SMILES string of the molecule is Cc1c(C(=O)NNC(=S)NCCC[NH+](C)C)oc2ccccc12. The van der Waals surface area contributed by atoms with Gasteiger partial charge < -0.3 is 14.6 Å². The van der Waals surface area contributed by atoms with Crippen molar-refractivity contribution in [1.29, 1.82) is 0 Å². The van der Waals surface area contributed by atoms with E-state index in [0.29, 0.717) is 10.7 Å². The number of aryl methyl sites for hydroxylation is 1. The van der Waals surface area contributed by atoms with Gasteiger partial charge in [0, 0.05) is 23.9 Å². The number of thiocarbonyl (C=S) groups is 1. The molecule has 0 unspecified atom stereocenters. The fourth-order valence-corrected chi connectivity index (χ4v) is 2.40. The highest BCUT2D eigenvalue weighted by Crippen LogP contribution is 2.24. The second-order valence-corrected chi connectivity index (χ2v) is 6.11. The number of fused-ring (bicyclic) bond motifs is 1. The third-order valence-electron chi connectivity index (χ3n) is 3.48. The summed E-state index contributed by atoms with van der Waals surface area (Å²) in [7, 11) is 4.21. The molecule has 1 amide bonds. The lowest BCUT2D eigenvalue weighted by molar-refractivity contribution is -0.858. The van der Waals surface area contributed by atoms with E-state index < -0.39 is 0 Å². The van der Waals surface area contributed by atoms with E-state index in [1.165, 1.54) is 4.90 Å². The molecule has 7 heteroatoms. The van der Waals surface area contributed by atoms with E-state index in [-0.39, 0.29) is 11.7 Å². The van der Waals surface area contributed by atoms with Crippen molar-refractivity contribution in [2.45, 2.75) is 13.3 Å². The molecular formula is C16H23N4O2S+. The zero-order valence-electron chi connectivity index (χ0n) is 13.7. The Hall–Kier alpha value is -2.12. The highest BCUT2D eigenvalue weighted by atomic mass is 32.1. The third-order valence-corrected chi connectivity index (χ3v) is 3.72. The minimum Gasteiger partial charge on any atom is -0.451 e. The summed E-state index contributed by atoms with van der Waals surface area (Å²) in [5, 5.41) is 4.37. The maximum atomic E-state index is 12.2. The molecule has 0 spiro atoms. The topological polar surface area (TPSA) is 70.7 Å². The molecule has 4 N–H and O–H groups in total. The van der Waals surface area contributed by atoms with Crippen LogP contribution in [0.3, 0.4) is 0 Å². The van der Waals surface area contributed by atoms with Crippen molar-refractivity contribution in [2.75, 3.05) is 27.2 Å². The Morgan fingerprint density at radius 3 is 2.70 bits per heavy atom. The number of amides is 1. The molecule has 1 heterocycles. The first-order valence-corrected chi connectivity index (χ1v) is 8.01. The van der Waals surface area contributed by atoms with Crippen LogP contribution in [0.1, 0.15) is 22.5 Å². The van der Waals surface area contributed by atoms with Gasteiger partial charge >= 0.3 is 5.91 Å². The number of nitrogens with one attached hydrogen (secondary N) is 4. The average molecular weight is 335 g/mol. The average Bonchev–Trinajstić information content (AvgIpc) is 2.86. The van der Waals surface area contributed by atoms with Crippen LogP contribution in [-0.4, -0.2) is 38.2 Å². The first kappa shape index (κ1) is 17.2. The number of rotatable bonds is 5. The number of quaternary nitrogens is 1. The normalized spacial score (nSPS) is 10.8. The summed E-state index contributed by atoms with van der Waals surface area (Å²) in [4.78, 5) is 13.6. The summed E-state index contributed by atoms with van der Waals surface area (Å²) < 4.78 is 5.60. The van der Waals surface area contributed by atoms with Crippen LogP contribution in [0.2, 0.25) is 0 Å². The molecule has 0 atom stereocenters. The second-order valence-electron chi connectivity index (χ2n) is 5.70. The van der Waals surface area contributed by atoms with Crippen molar-refractivity contribution in [2.24, 2.45) is 0 Å². The van der Waals surface area contributed by atoms with Crippen LogP contribution in [0.25, 0.3) is 11.0 Å². The smallest absolute Gasteiger partial charge is 0.305 e. The Kier molecular flexibility index (Phi) is 5.95. The molecule has 0 saturated carbocycles. The maximum Gasteiger partial charge on any atom is 0.305 e. The standard InChI is InChI=1S/C16H22N4O2S/c1-11-12-7-4-5-8-13(12)22-14(11)15(21)18-19-16(23)17-9-6-10-20(2)3/h4-5,7-8H,6,9-10H2,1-3H3,(H,18,21)(H2,17,19,23)/p+1. The highest BCUT2D eigenvalue weighted by Gasteiger charge is 2.17. The molecule has 0 fully saturated rings. The first-order chi connectivity index (χ1) is 11.0. The van der Waals surface area contributed by atoms with Gasteiger partial charge in [0.05, 0.1) is 20.6 Å². The van der Waals surface area contributed by atoms with E-state index >= 15 is 0 Å². The van der Waals surface area contributed by atoms with E-state index in [1.54, 1.807) is 0 Å². The Balaban J connectivity index is 1.84.